The quantitative estimate of drug-likeness (QED) is 0.223. The average molecular weight is 870 g/mol. The molecule has 1 aromatic carbocycles. The molecule has 8 rings (SSSR count). The van der Waals surface area contributed by atoms with Crippen LogP contribution >= 0.6 is 0 Å². The number of piperidine rings is 1. The zero-order valence-corrected chi connectivity index (χ0v) is 40.4. The summed E-state index contributed by atoms with van der Waals surface area (Å²) in [7, 11) is 0. The Labute approximate surface area is 377 Å². The summed E-state index contributed by atoms with van der Waals surface area (Å²) in [5, 5.41) is 16.3. The summed E-state index contributed by atoms with van der Waals surface area (Å²) in [6.45, 7) is 28.0. The van der Waals surface area contributed by atoms with Gasteiger partial charge >= 0.3 is 12.1 Å². The minimum absolute atomic E-state index is 0.116. The molecule has 1 amide bonds. The molecular formula is C52H79N5O6. The van der Waals surface area contributed by atoms with Crippen LogP contribution in [0, 0.1) is 62.1 Å². The highest BCUT2D eigenvalue weighted by atomic mass is 16.6. The van der Waals surface area contributed by atoms with Gasteiger partial charge in [0.05, 0.1) is 37.9 Å². The van der Waals surface area contributed by atoms with Crippen LogP contribution in [-0.4, -0.2) is 81.4 Å². The standard InChI is InChI=1S/C52H79N5O6/c1-33(2)34(3)47(7)23-24-49(9)37-17-18-40-48(8)29-61-31-52(40,38(37)19-22-50(49,10)41(47)44(58)59)27-39(42(48)63-30-51(11,53)46(4,5)6)57-43(54-32-55-57)36-20-25-56(26-21-36)45(60)62-28-35-15-13-12-14-16-35/h12-16,19,32-34,36-37,39-42H,17-18,20-31,53H2,1-11H3,(H,58,59)/t34-,37+,39-,40+,41-,42+,47-,48-,49-,50+,51+,52+/m1/s1. The summed E-state index contributed by atoms with van der Waals surface area (Å²) in [4.78, 5) is 33.7. The van der Waals surface area contributed by atoms with Gasteiger partial charge in [0.2, 0.25) is 0 Å². The average Bonchev–Trinajstić information content (AvgIpc) is 3.72. The number of carbonyl (C=O) groups is 2. The largest absolute Gasteiger partial charge is 0.481 e. The highest BCUT2D eigenvalue weighted by Crippen LogP contribution is 2.75. The Bertz CT molecular complexity index is 2040. The van der Waals surface area contributed by atoms with Gasteiger partial charge in [-0.3, -0.25) is 4.79 Å². The van der Waals surface area contributed by atoms with Crippen LogP contribution in [0.4, 0.5) is 4.79 Å². The Kier molecular flexibility index (Phi) is 11.9. The molecule has 0 radical (unpaired) electrons. The number of aromatic nitrogens is 3. The van der Waals surface area contributed by atoms with Gasteiger partial charge in [0.25, 0.3) is 0 Å². The fourth-order valence-electron chi connectivity index (χ4n) is 14.5. The topological polar surface area (TPSA) is 142 Å². The lowest BCUT2D eigenvalue weighted by molar-refractivity contribution is -0.253. The third-order valence-electron chi connectivity index (χ3n) is 19.6. The van der Waals surface area contributed by atoms with Crippen LogP contribution in [0.2, 0.25) is 0 Å². The third-order valence-corrected chi connectivity index (χ3v) is 19.6. The fourth-order valence-corrected chi connectivity index (χ4v) is 14.5. The van der Waals surface area contributed by atoms with Crippen LogP contribution in [0.1, 0.15) is 151 Å². The van der Waals surface area contributed by atoms with E-state index in [0.717, 1.165) is 62.8 Å². The van der Waals surface area contributed by atoms with Crippen LogP contribution in [0.15, 0.2) is 48.3 Å². The van der Waals surface area contributed by atoms with Crippen molar-refractivity contribution < 1.29 is 28.9 Å². The molecule has 63 heavy (non-hydrogen) atoms. The molecule has 11 heteroatoms. The van der Waals surface area contributed by atoms with Crippen LogP contribution < -0.4 is 5.73 Å². The highest BCUT2D eigenvalue weighted by molar-refractivity contribution is 5.73. The van der Waals surface area contributed by atoms with E-state index in [1.54, 1.807) is 6.33 Å². The number of ether oxygens (including phenoxy) is 3. The van der Waals surface area contributed by atoms with Gasteiger partial charge in [0, 0.05) is 35.4 Å². The number of carboxylic acids is 1. The van der Waals surface area contributed by atoms with Gasteiger partial charge < -0.3 is 30.0 Å². The number of carbonyl (C=O) groups excluding carboxylic acids is 1. The van der Waals surface area contributed by atoms with E-state index >= 15 is 0 Å². The molecule has 1 aromatic heterocycles. The zero-order valence-electron chi connectivity index (χ0n) is 40.4. The molecule has 6 aliphatic rings. The number of likely N-dealkylation sites (tertiary alicyclic amines) is 1. The van der Waals surface area contributed by atoms with E-state index in [1.165, 1.54) is 5.57 Å². The smallest absolute Gasteiger partial charge is 0.410 e. The van der Waals surface area contributed by atoms with Gasteiger partial charge in [0.15, 0.2) is 0 Å². The van der Waals surface area contributed by atoms with Crippen molar-refractivity contribution in [2.75, 3.05) is 32.9 Å². The molecule has 3 heterocycles. The molecule has 348 valence electrons. The molecule has 11 nitrogen and oxygen atoms in total. The van der Waals surface area contributed by atoms with Crippen molar-refractivity contribution >= 4 is 12.1 Å². The third kappa shape index (κ3) is 7.31. The molecule has 3 saturated carbocycles. The predicted molar refractivity (Wildman–Crippen MR) is 245 cm³/mol. The van der Waals surface area contributed by atoms with E-state index in [1.807, 2.05) is 35.2 Å². The first-order valence-corrected chi connectivity index (χ1v) is 24.3. The maximum Gasteiger partial charge on any atom is 0.410 e. The Morgan fingerprint density at radius 2 is 1.67 bits per heavy atom. The molecule has 3 N–H and O–H groups in total. The lowest BCUT2D eigenvalue weighted by atomic mass is 9.34. The molecule has 12 atom stereocenters. The summed E-state index contributed by atoms with van der Waals surface area (Å²) in [6, 6.07) is 9.68. The van der Waals surface area contributed by atoms with Gasteiger partial charge in [-0.15, -0.1) is 0 Å². The van der Waals surface area contributed by atoms with Crippen molar-refractivity contribution in [1.82, 2.24) is 19.7 Å². The number of amides is 1. The van der Waals surface area contributed by atoms with Crippen molar-refractivity contribution in [3.05, 3.63) is 59.7 Å². The van der Waals surface area contributed by atoms with Crippen LogP contribution in [0.25, 0.3) is 0 Å². The predicted octanol–water partition coefficient (Wildman–Crippen LogP) is 10.1. The van der Waals surface area contributed by atoms with E-state index in [-0.39, 0.29) is 69.7 Å². The first-order valence-electron chi connectivity index (χ1n) is 24.3. The highest BCUT2D eigenvalue weighted by Gasteiger charge is 2.72. The molecule has 2 bridgehead atoms. The second-order valence-electron chi connectivity index (χ2n) is 23.9. The van der Waals surface area contributed by atoms with Crippen molar-refractivity contribution in [1.29, 1.82) is 0 Å². The SMILES string of the molecule is CC(C)[C@@H](C)[C@@]1(C)CC[C@]2(C)[C@H]3CC[C@@H]4[C@@]5(COC[C@@]4(C)[C@@H](OC[C@](C)(N)C(C)(C)C)[C@H](n4ncnc4C4CCN(C(=O)OCc6ccccc6)CC4)C5)C3=CC[C@@]2(C)[C@@H]1C(=O)O. The number of hydrogen-bond acceptors (Lipinski definition) is 8. The Morgan fingerprint density at radius 3 is 2.32 bits per heavy atom. The lowest BCUT2D eigenvalue weighted by Crippen LogP contribution is -2.69. The van der Waals surface area contributed by atoms with Gasteiger partial charge in [-0.25, -0.2) is 14.5 Å². The number of carboxylic acid groups (broad SMARTS) is 1. The van der Waals surface area contributed by atoms with E-state index < -0.39 is 22.8 Å². The van der Waals surface area contributed by atoms with Crippen LogP contribution in [-0.2, 0) is 25.6 Å². The number of allylic oxidation sites excluding steroid dienone is 1. The number of rotatable bonds is 10. The van der Waals surface area contributed by atoms with Crippen LogP contribution in [0.3, 0.4) is 0 Å². The van der Waals surface area contributed by atoms with E-state index in [9.17, 15) is 14.7 Å². The van der Waals surface area contributed by atoms with E-state index in [2.05, 4.69) is 86.9 Å². The van der Waals surface area contributed by atoms with E-state index in [4.69, 9.17) is 30.0 Å². The second-order valence-corrected chi connectivity index (χ2v) is 23.9. The summed E-state index contributed by atoms with van der Waals surface area (Å²) < 4.78 is 22.1. The number of nitrogens with zero attached hydrogens (tertiary/aromatic N) is 4. The van der Waals surface area contributed by atoms with Crippen molar-refractivity contribution in [3.8, 4) is 0 Å². The maximum absolute atomic E-state index is 13.7. The molecule has 0 unspecified atom stereocenters. The molecule has 2 saturated heterocycles. The van der Waals surface area contributed by atoms with Crippen molar-refractivity contribution in [2.45, 2.75) is 158 Å². The first-order chi connectivity index (χ1) is 29.5. The van der Waals surface area contributed by atoms with Gasteiger partial charge in [-0.2, -0.15) is 5.10 Å². The molecule has 0 spiro atoms. The maximum atomic E-state index is 13.7. The number of nitrogens with two attached hydrogens (primary N) is 1. The van der Waals surface area contributed by atoms with Gasteiger partial charge in [-0.1, -0.05) is 111 Å². The molecular weight excluding hydrogens is 791 g/mol. The Hall–Kier alpha value is -3.28. The normalized spacial score (nSPS) is 38.4. The lowest BCUT2D eigenvalue weighted by Gasteiger charge is -2.71. The number of fused-ring (bicyclic) bond motifs is 3. The van der Waals surface area contributed by atoms with Gasteiger partial charge in [-0.05, 0) is 109 Å². The molecule has 2 aliphatic heterocycles. The molecule has 5 fully saturated rings. The minimum Gasteiger partial charge on any atom is -0.481 e. The van der Waals surface area contributed by atoms with E-state index in [0.29, 0.717) is 44.7 Å². The minimum atomic E-state index is -0.635. The Morgan fingerprint density at radius 1 is 0.968 bits per heavy atom. The summed E-state index contributed by atoms with van der Waals surface area (Å²) in [5.74, 6) is 1.25. The second kappa shape index (κ2) is 16.3. The first kappa shape index (κ1) is 46.3. The van der Waals surface area contributed by atoms with Crippen molar-refractivity contribution in [2.24, 2.45) is 67.8 Å². The van der Waals surface area contributed by atoms with Gasteiger partial charge in [0.1, 0.15) is 18.8 Å². The summed E-state index contributed by atoms with van der Waals surface area (Å²) >= 11 is 0. The number of benzene rings is 1. The Balaban J connectivity index is 1.14. The molecule has 4 aliphatic carbocycles. The zero-order chi connectivity index (χ0) is 45.5. The van der Waals surface area contributed by atoms with Crippen molar-refractivity contribution in [3.63, 3.8) is 0 Å². The summed E-state index contributed by atoms with van der Waals surface area (Å²) in [6.07, 6.45) is 10.8. The molecule has 2 aromatic rings. The van der Waals surface area contributed by atoms with Crippen LogP contribution in [0.5, 0.6) is 0 Å². The summed E-state index contributed by atoms with van der Waals surface area (Å²) in [5.41, 5.74) is 7.30. The number of aliphatic carboxylic acids is 1. The number of hydrogen-bond donors (Lipinski definition) is 2. The fraction of sp³-hybridized carbons (Fsp3) is 0.769. The monoisotopic (exact) mass is 870 g/mol.